The summed E-state index contributed by atoms with van der Waals surface area (Å²) in [5, 5.41) is 19.1. The van der Waals surface area contributed by atoms with E-state index in [1.165, 1.54) is 12.3 Å². The first-order valence-corrected chi connectivity index (χ1v) is 4.75. The molecule has 6 nitrogen and oxygen atoms in total. The quantitative estimate of drug-likeness (QED) is 0.568. The fourth-order valence-electron chi connectivity index (χ4n) is 1.26. The average Bonchev–Trinajstić information content (AvgIpc) is 2.28. The van der Waals surface area contributed by atoms with E-state index in [0.717, 1.165) is 0 Å². The number of anilines is 1. The van der Waals surface area contributed by atoms with Crippen LogP contribution in [0.4, 0.5) is 11.5 Å². The van der Waals surface area contributed by atoms with Crippen molar-refractivity contribution < 1.29 is 4.92 Å². The van der Waals surface area contributed by atoms with E-state index in [-0.39, 0.29) is 11.6 Å². The molecule has 0 radical (unpaired) electrons. The van der Waals surface area contributed by atoms with Gasteiger partial charge >= 0.3 is 0 Å². The van der Waals surface area contributed by atoms with Crippen molar-refractivity contribution in [1.29, 1.82) is 5.26 Å². The summed E-state index contributed by atoms with van der Waals surface area (Å²) >= 11 is 0. The normalized spacial score (nSPS) is 11.6. The highest BCUT2D eigenvalue weighted by Gasteiger charge is 2.10. The molecule has 6 heteroatoms. The molecule has 0 spiro atoms. The SMILES string of the molecule is CC(C#N)CN(C)c1ccc([N+](=O)[O-])cn1. The highest BCUT2D eigenvalue weighted by Crippen LogP contribution is 2.15. The Balaban J connectivity index is 2.74. The highest BCUT2D eigenvalue weighted by molar-refractivity contribution is 5.42. The number of hydrogen-bond donors (Lipinski definition) is 0. The van der Waals surface area contributed by atoms with Crippen LogP contribution in [-0.4, -0.2) is 23.5 Å². The van der Waals surface area contributed by atoms with Gasteiger partial charge in [0.25, 0.3) is 5.69 Å². The van der Waals surface area contributed by atoms with E-state index < -0.39 is 4.92 Å². The third kappa shape index (κ3) is 2.92. The molecule has 84 valence electrons. The molecular formula is C10H12N4O2. The summed E-state index contributed by atoms with van der Waals surface area (Å²) in [5.41, 5.74) is -0.0366. The molecule has 0 saturated carbocycles. The number of nitro groups is 1. The molecule has 0 saturated heterocycles. The molecule has 0 amide bonds. The zero-order valence-electron chi connectivity index (χ0n) is 9.12. The number of aromatic nitrogens is 1. The Morgan fingerprint density at radius 2 is 2.38 bits per heavy atom. The lowest BCUT2D eigenvalue weighted by Crippen LogP contribution is -2.23. The Morgan fingerprint density at radius 1 is 1.69 bits per heavy atom. The summed E-state index contributed by atoms with van der Waals surface area (Å²) in [7, 11) is 1.79. The summed E-state index contributed by atoms with van der Waals surface area (Å²) < 4.78 is 0. The van der Waals surface area contributed by atoms with Gasteiger partial charge < -0.3 is 4.90 Å². The van der Waals surface area contributed by atoms with E-state index in [0.29, 0.717) is 12.4 Å². The van der Waals surface area contributed by atoms with Gasteiger partial charge in [0.15, 0.2) is 0 Å². The van der Waals surface area contributed by atoms with Crippen molar-refractivity contribution >= 4 is 11.5 Å². The van der Waals surface area contributed by atoms with Gasteiger partial charge in [-0.3, -0.25) is 10.1 Å². The summed E-state index contributed by atoms with van der Waals surface area (Å²) in [6.07, 6.45) is 1.21. The van der Waals surface area contributed by atoms with Gasteiger partial charge in [0.2, 0.25) is 0 Å². The van der Waals surface area contributed by atoms with Crippen LogP contribution >= 0.6 is 0 Å². The largest absolute Gasteiger partial charge is 0.358 e. The molecule has 0 aromatic carbocycles. The number of hydrogen-bond acceptors (Lipinski definition) is 5. The van der Waals surface area contributed by atoms with Crippen LogP contribution in [0.2, 0.25) is 0 Å². The Labute approximate surface area is 93.3 Å². The first-order valence-electron chi connectivity index (χ1n) is 4.75. The van der Waals surface area contributed by atoms with E-state index in [1.54, 1.807) is 18.0 Å². The van der Waals surface area contributed by atoms with Crippen LogP contribution in [-0.2, 0) is 0 Å². The van der Waals surface area contributed by atoms with Crippen molar-refractivity contribution in [2.75, 3.05) is 18.5 Å². The van der Waals surface area contributed by atoms with E-state index in [4.69, 9.17) is 5.26 Å². The first kappa shape index (κ1) is 11.9. The molecule has 0 bridgehead atoms. The van der Waals surface area contributed by atoms with Gasteiger partial charge in [0, 0.05) is 19.7 Å². The maximum Gasteiger partial charge on any atom is 0.287 e. The number of rotatable bonds is 4. The number of pyridine rings is 1. The molecule has 0 aliphatic heterocycles. The molecule has 1 rings (SSSR count). The second-order valence-electron chi connectivity index (χ2n) is 3.54. The molecule has 16 heavy (non-hydrogen) atoms. The van der Waals surface area contributed by atoms with Gasteiger partial charge in [-0.05, 0) is 13.0 Å². The monoisotopic (exact) mass is 220 g/mol. The van der Waals surface area contributed by atoms with Gasteiger partial charge in [-0.15, -0.1) is 0 Å². The molecule has 1 heterocycles. The topological polar surface area (TPSA) is 83.1 Å². The van der Waals surface area contributed by atoms with Crippen LogP contribution in [0.5, 0.6) is 0 Å². The maximum absolute atomic E-state index is 10.4. The third-order valence-corrected chi connectivity index (χ3v) is 2.10. The van der Waals surface area contributed by atoms with Crippen molar-refractivity contribution in [3.05, 3.63) is 28.4 Å². The van der Waals surface area contributed by atoms with Crippen LogP contribution in [0.15, 0.2) is 18.3 Å². The van der Waals surface area contributed by atoms with Crippen LogP contribution in [0.1, 0.15) is 6.92 Å². The lowest BCUT2D eigenvalue weighted by molar-refractivity contribution is -0.385. The minimum absolute atomic E-state index is 0.0366. The Morgan fingerprint density at radius 3 is 2.81 bits per heavy atom. The lowest BCUT2D eigenvalue weighted by Gasteiger charge is -2.18. The van der Waals surface area contributed by atoms with Gasteiger partial charge in [0.05, 0.1) is 16.9 Å². The molecule has 1 atom stereocenters. The fourth-order valence-corrected chi connectivity index (χ4v) is 1.26. The Hall–Kier alpha value is -2.16. The molecule has 1 aromatic heterocycles. The van der Waals surface area contributed by atoms with Gasteiger partial charge in [-0.2, -0.15) is 5.26 Å². The van der Waals surface area contributed by atoms with E-state index in [1.807, 2.05) is 6.92 Å². The number of nitriles is 1. The fraction of sp³-hybridized carbons (Fsp3) is 0.400. The Kier molecular flexibility index (Phi) is 3.78. The molecule has 0 N–H and O–H groups in total. The highest BCUT2D eigenvalue weighted by atomic mass is 16.6. The van der Waals surface area contributed by atoms with E-state index in [2.05, 4.69) is 11.1 Å². The minimum atomic E-state index is -0.491. The Bertz CT molecular complexity index is 410. The zero-order valence-corrected chi connectivity index (χ0v) is 9.12. The molecule has 0 aliphatic rings. The van der Waals surface area contributed by atoms with Crippen molar-refractivity contribution in [2.45, 2.75) is 6.92 Å². The van der Waals surface area contributed by atoms with Crippen molar-refractivity contribution in [3.63, 3.8) is 0 Å². The van der Waals surface area contributed by atoms with Crippen LogP contribution < -0.4 is 4.90 Å². The number of nitrogens with zero attached hydrogens (tertiary/aromatic N) is 4. The second kappa shape index (κ2) is 5.07. The van der Waals surface area contributed by atoms with Crippen LogP contribution in [0.25, 0.3) is 0 Å². The van der Waals surface area contributed by atoms with E-state index >= 15 is 0 Å². The molecule has 0 aliphatic carbocycles. The van der Waals surface area contributed by atoms with Crippen LogP contribution in [0, 0.1) is 27.4 Å². The minimum Gasteiger partial charge on any atom is -0.358 e. The smallest absolute Gasteiger partial charge is 0.287 e. The van der Waals surface area contributed by atoms with Gasteiger partial charge in [0.1, 0.15) is 12.0 Å². The third-order valence-electron chi connectivity index (χ3n) is 2.10. The second-order valence-corrected chi connectivity index (χ2v) is 3.54. The predicted molar refractivity (Wildman–Crippen MR) is 58.9 cm³/mol. The molecule has 0 fully saturated rings. The zero-order chi connectivity index (χ0) is 12.1. The van der Waals surface area contributed by atoms with E-state index in [9.17, 15) is 10.1 Å². The lowest BCUT2D eigenvalue weighted by atomic mass is 10.2. The molecule has 1 aromatic rings. The first-order chi connectivity index (χ1) is 7.54. The maximum atomic E-state index is 10.4. The molecule has 1 unspecified atom stereocenters. The van der Waals surface area contributed by atoms with Gasteiger partial charge in [-0.1, -0.05) is 0 Å². The van der Waals surface area contributed by atoms with Crippen molar-refractivity contribution in [1.82, 2.24) is 4.98 Å². The summed E-state index contributed by atoms with van der Waals surface area (Å²) in [6, 6.07) is 5.09. The van der Waals surface area contributed by atoms with Gasteiger partial charge in [-0.25, -0.2) is 4.98 Å². The molecular weight excluding hydrogens is 208 g/mol. The van der Waals surface area contributed by atoms with Crippen molar-refractivity contribution in [3.8, 4) is 6.07 Å². The standard InChI is InChI=1S/C10H12N4O2/c1-8(5-11)7-13(2)10-4-3-9(6-12-10)14(15)16/h3-4,6,8H,7H2,1-2H3. The summed E-state index contributed by atoms with van der Waals surface area (Å²) in [5.74, 6) is 0.509. The average molecular weight is 220 g/mol. The summed E-state index contributed by atoms with van der Waals surface area (Å²) in [4.78, 5) is 15.7. The summed E-state index contributed by atoms with van der Waals surface area (Å²) in [6.45, 7) is 2.35. The predicted octanol–water partition coefficient (Wildman–Crippen LogP) is 1.59. The van der Waals surface area contributed by atoms with Crippen LogP contribution in [0.3, 0.4) is 0 Å². The van der Waals surface area contributed by atoms with Crippen molar-refractivity contribution in [2.24, 2.45) is 5.92 Å².